The van der Waals surface area contributed by atoms with Gasteiger partial charge in [0.25, 0.3) is 0 Å². The van der Waals surface area contributed by atoms with E-state index in [1.165, 1.54) is 11.1 Å². The molecule has 18 heavy (non-hydrogen) atoms. The maximum atomic E-state index is 11.1. The second-order valence-electron chi connectivity index (χ2n) is 5.24. The second kappa shape index (κ2) is 4.25. The van der Waals surface area contributed by atoms with Crippen LogP contribution < -0.4 is 0 Å². The van der Waals surface area contributed by atoms with Crippen LogP contribution in [0.4, 0.5) is 0 Å². The zero-order chi connectivity index (χ0) is 12.6. The number of hydrogen-bond acceptors (Lipinski definition) is 1. The van der Waals surface area contributed by atoms with Gasteiger partial charge in [-0.1, -0.05) is 54.1 Å². The third-order valence-electron chi connectivity index (χ3n) is 3.94. The maximum absolute atomic E-state index is 11.1. The van der Waals surface area contributed by atoms with Crippen LogP contribution in [0.25, 0.3) is 0 Å². The van der Waals surface area contributed by atoms with Crippen molar-refractivity contribution in [3.63, 3.8) is 0 Å². The Balaban J connectivity index is 2.16. The Kier molecular flexibility index (Phi) is 2.71. The molecule has 0 radical (unpaired) electrons. The summed E-state index contributed by atoms with van der Waals surface area (Å²) < 4.78 is 0. The molecule has 2 aromatic carbocycles. The van der Waals surface area contributed by atoms with E-state index in [-0.39, 0.29) is 0 Å². The van der Waals surface area contributed by atoms with E-state index < -0.39 is 5.60 Å². The Labute approximate surface area is 108 Å². The van der Waals surface area contributed by atoms with Crippen molar-refractivity contribution in [3.05, 3.63) is 70.8 Å². The summed E-state index contributed by atoms with van der Waals surface area (Å²) in [5, 5.41) is 11.1. The van der Waals surface area contributed by atoms with Crippen LogP contribution in [0.3, 0.4) is 0 Å². The van der Waals surface area contributed by atoms with E-state index >= 15 is 0 Å². The molecule has 1 unspecified atom stereocenters. The van der Waals surface area contributed by atoms with Crippen molar-refractivity contribution in [1.82, 2.24) is 0 Å². The second-order valence-corrected chi connectivity index (χ2v) is 5.24. The van der Waals surface area contributed by atoms with Crippen molar-refractivity contribution in [2.24, 2.45) is 0 Å². The molecule has 0 heterocycles. The van der Waals surface area contributed by atoms with Gasteiger partial charge in [0.15, 0.2) is 0 Å². The summed E-state index contributed by atoms with van der Waals surface area (Å²) in [5.74, 6) is 0. The van der Waals surface area contributed by atoms with E-state index in [0.29, 0.717) is 0 Å². The standard InChI is InChI=1S/C17H18O/c1-13-6-4-9-15(12-13)17(18)11-5-8-14-7-2-3-10-16(14)17/h2-4,6-7,9-10,12,18H,5,8,11H2,1H3. The highest BCUT2D eigenvalue weighted by atomic mass is 16.3. The first-order chi connectivity index (χ1) is 8.70. The van der Waals surface area contributed by atoms with E-state index in [0.717, 1.165) is 30.4 Å². The molecule has 0 fully saturated rings. The SMILES string of the molecule is Cc1cccc(C2(O)CCCc3ccccc32)c1. The lowest BCUT2D eigenvalue weighted by molar-refractivity contribution is 0.0615. The Morgan fingerprint density at radius 1 is 1.06 bits per heavy atom. The Morgan fingerprint density at radius 2 is 1.89 bits per heavy atom. The number of hydrogen-bond donors (Lipinski definition) is 1. The summed E-state index contributed by atoms with van der Waals surface area (Å²) >= 11 is 0. The molecule has 1 nitrogen and oxygen atoms in total. The fourth-order valence-corrected chi connectivity index (χ4v) is 3.01. The lowest BCUT2D eigenvalue weighted by Crippen LogP contribution is -2.31. The lowest BCUT2D eigenvalue weighted by Gasteiger charge is -2.35. The molecule has 1 aliphatic rings. The molecule has 92 valence electrons. The van der Waals surface area contributed by atoms with E-state index in [1.807, 2.05) is 18.2 Å². The predicted molar refractivity (Wildman–Crippen MR) is 73.6 cm³/mol. The number of fused-ring (bicyclic) bond motifs is 1. The van der Waals surface area contributed by atoms with Gasteiger partial charge >= 0.3 is 0 Å². The van der Waals surface area contributed by atoms with Crippen molar-refractivity contribution in [2.45, 2.75) is 31.8 Å². The van der Waals surface area contributed by atoms with Gasteiger partial charge in [-0.05, 0) is 42.9 Å². The highest BCUT2D eigenvalue weighted by molar-refractivity contribution is 5.43. The summed E-state index contributed by atoms with van der Waals surface area (Å²) in [4.78, 5) is 0. The van der Waals surface area contributed by atoms with Crippen LogP contribution >= 0.6 is 0 Å². The first-order valence-electron chi connectivity index (χ1n) is 6.58. The Bertz CT molecular complexity index is 573. The molecule has 0 aromatic heterocycles. The van der Waals surface area contributed by atoms with Crippen LogP contribution in [-0.2, 0) is 12.0 Å². The van der Waals surface area contributed by atoms with Crippen LogP contribution in [-0.4, -0.2) is 5.11 Å². The normalized spacial score (nSPS) is 22.6. The third-order valence-corrected chi connectivity index (χ3v) is 3.94. The third kappa shape index (κ3) is 1.75. The summed E-state index contributed by atoms with van der Waals surface area (Å²) in [7, 11) is 0. The van der Waals surface area contributed by atoms with Crippen molar-refractivity contribution in [1.29, 1.82) is 0 Å². The van der Waals surface area contributed by atoms with Gasteiger partial charge in [-0.3, -0.25) is 0 Å². The molecule has 1 heteroatoms. The van der Waals surface area contributed by atoms with Gasteiger partial charge in [0.05, 0.1) is 0 Å². The van der Waals surface area contributed by atoms with Gasteiger partial charge in [0.1, 0.15) is 5.60 Å². The van der Waals surface area contributed by atoms with Gasteiger partial charge in [-0.25, -0.2) is 0 Å². The van der Waals surface area contributed by atoms with Gasteiger partial charge in [0, 0.05) is 0 Å². The number of aliphatic hydroxyl groups is 1. The van der Waals surface area contributed by atoms with Crippen molar-refractivity contribution in [2.75, 3.05) is 0 Å². The van der Waals surface area contributed by atoms with E-state index in [2.05, 4.69) is 37.3 Å². The van der Waals surface area contributed by atoms with Crippen LogP contribution in [0.15, 0.2) is 48.5 Å². The fourth-order valence-electron chi connectivity index (χ4n) is 3.01. The van der Waals surface area contributed by atoms with Gasteiger partial charge in [0.2, 0.25) is 0 Å². The first kappa shape index (κ1) is 11.5. The van der Waals surface area contributed by atoms with Crippen molar-refractivity contribution < 1.29 is 5.11 Å². The molecule has 0 aliphatic heterocycles. The zero-order valence-corrected chi connectivity index (χ0v) is 10.7. The highest BCUT2D eigenvalue weighted by Gasteiger charge is 2.35. The largest absolute Gasteiger partial charge is 0.380 e. The van der Waals surface area contributed by atoms with Crippen molar-refractivity contribution in [3.8, 4) is 0 Å². The highest BCUT2D eigenvalue weighted by Crippen LogP contribution is 2.40. The average molecular weight is 238 g/mol. The summed E-state index contributed by atoms with van der Waals surface area (Å²) in [6.45, 7) is 2.07. The van der Waals surface area contributed by atoms with Crippen LogP contribution in [0, 0.1) is 6.92 Å². The molecule has 1 N–H and O–H groups in total. The quantitative estimate of drug-likeness (QED) is 0.805. The fraction of sp³-hybridized carbons (Fsp3) is 0.294. The topological polar surface area (TPSA) is 20.2 Å². The van der Waals surface area contributed by atoms with E-state index in [9.17, 15) is 5.11 Å². The van der Waals surface area contributed by atoms with E-state index in [1.54, 1.807) is 0 Å². The molecule has 0 saturated heterocycles. The molecule has 2 aromatic rings. The number of aryl methyl sites for hydroxylation is 2. The smallest absolute Gasteiger partial charge is 0.115 e. The maximum Gasteiger partial charge on any atom is 0.115 e. The van der Waals surface area contributed by atoms with Crippen LogP contribution in [0.1, 0.15) is 35.1 Å². The van der Waals surface area contributed by atoms with Gasteiger partial charge in [-0.2, -0.15) is 0 Å². The van der Waals surface area contributed by atoms with Crippen LogP contribution in [0.5, 0.6) is 0 Å². The molecule has 3 rings (SSSR count). The molecular formula is C17H18O. The summed E-state index contributed by atoms with van der Waals surface area (Å²) in [5.41, 5.74) is 3.79. The monoisotopic (exact) mass is 238 g/mol. The molecular weight excluding hydrogens is 220 g/mol. The molecule has 1 atom stereocenters. The molecule has 0 amide bonds. The molecule has 0 spiro atoms. The van der Waals surface area contributed by atoms with Crippen molar-refractivity contribution >= 4 is 0 Å². The minimum absolute atomic E-state index is 0.805. The van der Waals surface area contributed by atoms with E-state index in [4.69, 9.17) is 0 Å². The minimum Gasteiger partial charge on any atom is -0.380 e. The Hall–Kier alpha value is -1.60. The predicted octanol–water partition coefficient (Wildman–Crippen LogP) is 3.57. The van der Waals surface area contributed by atoms with Gasteiger partial charge in [-0.15, -0.1) is 0 Å². The lowest BCUT2D eigenvalue weighted by atomic mass is 9.75. The average Bonchev–Trinajstić information content (AvgIpc) is 2.39. The molecule has 1 aliphatic carbocycles. The molecule has 0 saturated carbocycles. The first-order valence-corrected chi connectivity index (χ1v) is 6.58. The summed E-state index contributed by atoms with van der Waals surface area (Å²) in [6.07, 6.45) is 2.93. The summed E-state index contributed by atoms with van der Waals surface area (Å²) in [6, 6.07) is 16.5. The molecule has 0 bridgehead atoms. The zero-order valence-electron chi connectivity index (χ0n) is 10.7. The minimum atomic E-state index is -0.805. The number of benzene rings is 2. The number of rotatable bonds is 1. The van der Waals surface area contributed by atoms with Gasteiger partial charge < -0.3 is 5.11 Å². The van der Waals surface area contributed by atoms with Crippen LogP contribution in [0.2, 0.25) is 0 Å². The Morgan fingerprint density at radius 3 is 2.72 bits per heavy atom.